The Morgan fingerprint density at radius 2 is 2.00 bits per heavy atom. The second kappa shape index (κ2) is 9.50. The molecule has 4 aliphatic rings. The van der Waals surface area contributed by atoms with Crippen molar-refractivity contribution in [2.24, 2.45) is 11.8 Å². The van der Waals surface area contributed by atoms with Crippen LogP contribution < -0.4 is 15.5 Å². The van der Waals surface area contributed by atoms with E-state index < -0.39 is 0 Å². The summed E-state index contributed by atoms with van der Waals surface area (Å²) in [7, 11) is 0. The number of amides is 2. The van der Waals surface area contributed by atoms with Crippen LogP contribution in [0.15, 0.2) is 35.3 Å². The number of urea groups is 1. The van der Waals surface area contributed by atoms with Gasteiger partial charge >= 0.3 is 6.03 Å². The van der Waals surface area contributed by atoms with Gasteiger partial charge in [-0.3, -0.25) is 9.80 Å². The number of carbonyl (C=O) groups is 1. The molecule has 31 heavy (non-hydrogen) atoms. The number of rotatable bonds is 6. The number of hydrogen-bond donors (Lipinski definition) is 2. The Kier molecular flexibility index (Phi) is 6.33. The fourth-order valence-electron chi connectivity index (χ4n) is 5.31. The van der Waals surface area contributed by atoms with Crippen LogP contribution in [-0.2, 0) is 0 Å². The molecule has 6 rings (SSSR count). The number of aromatic nitrogens is 2. The molecule has 0 aromatic carbocycles. The van der Waals surface area contributed by atoms with Gasteiger partial charge in [0.05, 0.1) is 5.69 Å². The third-order valence-corrected chi connectivity index (χ3v) is 7.67. The normalized spacial score (nSPS) is 28.5. The minimum absolute atomic E-state index is 0.0992. The molecule has 4 fully saturated rings. The quantitative estimate of drug-likeness (QED) is 0.716. The number of anilines is 2. The lowest BCUT2D eigenvalue weighted by molar-refractivity contribution is -0.0114. The molecule has 2 N–H and O–H groups in total. The van der Waals surface area contributed by atoms with E-state index >= 15 is 0 Å². The minimum Gasteiger partial charge on any atom is -0.338 e. The average molecular weight is 442 g/mol. The van der Waals surface area contributed by atoms with Crippen molar-refractivity contribution in [1.82, 2.24) is 25.1 Å². The summed E-state index contributed by atoms with van der Waals surface area (Å²) in [4.78, 5) is 28.4. The Balaban J connectivity index is 1.06. The lowest BCUT2D eigenvalue weighted by Gasteiger charge is -2.51. The van der Waals surface area contributed by atoms with Crippen molar-refractivity contribution in [3.05, 3.63) is 35.3 Å². The Bertz CT molecular complexity index is 841. The Labute approximate surface area is 187 Å². The van der Waals surface area contributed by atoms with E-state index in [1.165, 1.54) is 25.9 Å². The molecule has 0 radical (unpaired) electrons. The van der Waals surface area contributed by atoms with Gasteiger partial charge < -0.3 is 15.5 Å². The van der Waals surface area contributed by atoms with Crippen LogP contribution in [0, 0.1) is 11.8 Å². The molecular weight excluding hydrogens is 410 g/mol. The molecule has 166 valence electrons. The van der Waals surface area contributed by atoms with E-state index in [2.05, 4.69) is 35.3 Å². The van der Waals surface area contributed by atoms with Gasteiger partial charge in [0.25, 0.3) is 0 Å². The van der Waals surface area contributed by atoms with Gasteiger partial charge in [-0.1, -0.05) is 0 Å². The van der Waals surface area contributed by atoms with Gasteiger partial charge in [-0.15, -0.1) is 0 Å². The maximum atomic E-state index is 12.2. The monoisotopic (exact) mass is 441 g/mol. The molecule has 9 heteroatoms. The SMILES string of the molecule is O=C(NC[C@H]1C[C@@H]2CCN1C[C@H]2CN1CCN(c2ncccn2)CC1)Nc1ccsc1. The van der Waals surface area contributed by atoms with E-state index in [-0.39, 0.29) is 6.03 Å². The first-order valence-electron chi connectivity index (χ1n) is 11.3. The highest BCUT2D eigenvalue weighted by atomic mass is 32.1. The third-order valence-electron chi connectivity index (χ3n) is 6.99. The second-order valence-corrected chi connectivity index (χ2v) is 9.66. The summed E-state index contributed by atoms with van der Waals surface area (Å²) in [5, 5.41) is 9.90. The van der Waals surface area contributed by atoms with Gasteiger partial charge in [0, 0.05) is 69.6 Å². The first kappa shape index (κ1) is 20.7. The number of piperazine rings is 1. The summed E-state index contributed by atoms with van der Waals surface area (Å²) in [5.41, 5.74) is 0.868. The third kappa shape index (κ3) is 4.99. The van der Waals surface area contributed by atoms with Gasteiger partial charge in [-0.2, -0.15) is 11.3 Å². The van der Waals surface area contributed by atoms with E-state index in [4.69, 9.17) is 0 Å². The lowest BCUT2D eigenvalue weighted by Crippen LogP contribution is -2.59. The molecule has 2 aromatic heterocycles. The van der Waals surface area contributed by atoms with Crippen molar-refractivity contribution in [3.8, 4) is 0 Å². The van der Waals surface area contributed by atoms with Crippen molar-refractivity contribution in [2.75, 3.05) is 62.6 Å². The van der Waals surface area contributed by atoms with Gasteiger partial charge in [-0.05, 0) is 48.7 Å². The molecule has 0 spiro atoms. The standard InChI is InChI=1S/C22H31N7OS/c30-22(26-19-3-11-31-16-19)25-13-20-12-17-2-6-29(20)15-18(17)14-27-7-9-28(10-8-27)21-23-4-1-5-24-21/h1,3-5,11,16-18,20H,2,6-10,12-15H2,(H2,25,26,30)/t17-,18+,20+/m0/s1. The number of fused-ring (bicyclic) bond motifs is 3. The highest BCUT2D eigenvalue weighted by Gasteiger charge is 2.40. The molecule has 8 nitrogen and oxygen atoms in total. The van der Waals surface area contributed by atoms with Crippen LogP contribution in [0.1, 0.15) is 12.8 Å². The molecule has 4 saturated heterocycles. The maximum absolute atomic E-state index is 12.2. The number of carbonyl (C=O) groups excluding carboxylic acids is 1. The minimum atomic E-state index is -0.0992. The van der Waals surface area contributed by atoms with Crippen LogP contribution in [0.4, 0.5) is 16.4 Å². The van der Waals surface area contributed by atoms with Crippen LogP contribution in [0.25, 0.3) is 0 Å². The van der Waals surface area contributed by atoms with Crippen LogP contribution in [0.2, 0.25) is 0 Å². The smallest absolute Gasteiger partial charge is 0.319 e. The van der Waals surface area contributed by atoms with E-state index in [1.807, 2.05) is 35.3 Å². The average Bonchev–Trinajstić information content (AvgIpc) is 3.32. The number of thiophene rings is 1. The molecule has 6 heterocycles. The van der Waals surface area contributed by atoms with Crippen molar-refractivity contribution < 1.29 is 4.79 Å². The zero-order valence-electron chi connectivity index (χ0n) is 17.8. The summed E-state index contributed by atoms with van der Waals surface area (Å²) in [6.45, 7) is 8.39. The zero-order chi connectivity index (χ0) is 21.0. The largest absolute Gasteiger partial charge is 0.338 e. The first-order valence-corrected chi connectivity index (χ1v) is 12.2. The fraction of sp³-hybridized carbons (Fsp3) is 0.591. The summed E-state index contributed by atoms with van der Waals surface area (Å²) in [6.07, 6.45) is 6.12. The van der Waals surface area contributed by atoms with Crippen LogP contribution in [-0.4, -0.2) is 84.2 Å². The first-order chi connectivity index (χ1) is 15.2. The Hall–Kier alpha value is -2.23. The molecule has 4 atom stereocenters. The number of nitrogens with zero attached hydrogens (tertiary/aromatic N) is 5. The summed E-state index contributed by atoms with van der Waals surface area (Å²) < 4.78 is 0. The Morgan fingerprint density at radius 3 is 2.71 bits per heavy atom. The second-order valence-electron chi connectivity index (χ2n) is 8.88. The van der Waals surface area contributed by atoms with Crippen LogP contribution in [0.3, 0.4) is 0 Å². The molecule has 0 aliphatic carbocycles. The summed E-state index contributed by atoms with van der Waals surface area (Å²) >= 11 is 1.59. The predicted molar refractivity (Wildman–Crippen MR) is 124 cm³/mol. The van der Waals surface area contributed by atoms with Gasteiger partial charge in [0.1, 0.15) is 0 Å². The fourth-order valence-corrected chi connectivity index (χ4v) is 5.89. The topological polar surface area (TPSA) is 76.6 Å². The molecule has 0 saturated carbocycles. The maximum Gasteiger partial charge on any atom is 0.319 e. The number of hydrogen-bond acceptors (Lipinski definition) is 7. The van der Waals surface area contributed by atoms with Crippen molar-refractivity contribution in [3.63, 3.8) is 0 Å². The molecule has 2 amide bonds. The molecule has 2 bridgehead atoms. The predicted octanol–water partition coefficient (Wildman–Crippen LogP) is 2.19. The van der Waals surface area contributed by atoms with Crippen molar-refractivity contribution in [2.45, 2.75) is 18.9 Å². The van der Waals surface area contributed by atoms with E-state index in [0.29, 0.717) is 6.04 Å². The zero-order valence-corrected chi connectivity index (χ0v) is 18.6. The summed E-state index contributed by atoms with van der Waals surface area (Å²) in [6, 6.07) is 4.16. The van der Waals surface area contributed by atoms with Crippen LogP contribution >= 0.6 is 11.3 Å². The molecular formula is C22H31N7OS. The van der Waals surface area contributed by atoms with E-state index in [1.54, 1.807) is 11.3 Å². The van der Waals surface area contributed by atoms with Gasteiger partial charge in [0.2, 0.25) is 5.95 Å². The van der Waals surface area contributed by atoms with Gasteiger partial charge in [-0.25, -0.2) is 14.8 Å². The van der Waals surface area contributed by atoms with Crippen LogP contribution in [0.5, 0.6) is 0 Å². The van der Waals surface area contributed by atoms with Crippen molar-refractivity contribution in [1.29, 1.82) is 0 Å². The molecule has 1 unspecified atom stereocenters. The highest BCUT2D eigenvalue weighted by molar-refractivity contribution is 7.08. The van der Waals surface area contributed by atoms with E-state index in [0.717, 1.165) is 62.7 Å². The molecule has 2 aromatic rings. The number of piperidine rings is 3. The number of nitrogens with one attached hydrogen (secondary N) is 2. The lowest BCUT2D eigenvalue weighted by atomic mass is 9.75. The summed E-state index contributed by atoms with van der Waals surface area (Å²) in [5.74, 6) is 2.36. The van der Waals surface area contributed by atoms with E-state index in [9.17, 15) is 4.79 Å². The van der Waals surface area contributed by atoms with Gasteiger partial charge in [0.15, 0.2) is 0 Å². The Morgan fingerprint density at radius 1 is 1.16 bits per heavy atom. The molecule has 4 aliphatic heterocycles. The van der Waals surface area contributed by atoms with Crippen molar-refractivity contribution >= 4 is 29.0 Å². The highest BCUT2D eigenvalue weighted by Crippen LogP contribution is 2.36.